The highest BCUT2D eigenvalue weighted by atomic mass is 14.9. The Labute approximate surface area is 113 Å². The van der Waals surface area contributed by atoms with Crippen molar-refractivity contribution in [3.8, 4) is 0 Å². The standard InChI is InChI=1S/C17H28N/c1-3-4-5-6-7-8-9-10-15-18-17-13-11-16(2)12-14-17/h11-14,18H,2-10,15H2,1H3. The van der Waals surface area contributed by atoms with Gasteiger partial charge in [0.15, 0.2) is 0 Å². The van der Waals surface area contributed by atoms with Gasteiger partial charge in [0.05, 0.1) is 0 Å². The molecule has 0 aliphatic heterocycles. The molecule has 0 atom stereocenters. The molecule has 0 amide bonds. The normalized spacial score (nSPS) is 10.6. The highest BCUT2D eigenvalue weighted by Crippen LogP contribution is 2.10. The first-order valence-corrected chi connectivity index (χ1v) is 7.49. The zero-order valence-corrected chi connectivity index (χ0v) is 11.9. The molecule has 0 bridgehead atoms. The smallest absolute Gasteiger partial charge is 0.0340 e. The lowest BCUT2D eigenvalue weighted by Crippen LogP contribution is -2.01. The van der Waals surface area contributed by atoms with Gasteiger partial charge >= 0.3 is 0 Å². The third kappa shape index (κ3) is 7.37. The van der Waals surface area contributed by atoms with E-state index in [-0.39, 0.29) is 0 Å². The highest BCUT2D eigenvalue weighted by molar-refractivity contribution is 5.44. The Hall–Kier alpha value is -0.980. The molecular formula is C17H28N. The Morgan fingerprint density at radius 3 is 2.00 bits per heavy atom. The number of benzene rings is 1. The van der Waals surface area contributed by atoms with Crippen LogP contribution in [0.1, 0.15) is 63.9 Å². The summed E-state index contributed by atoms with van der Waals surface area (Å²) in [7, 11) is 0. The van der Waals surface area contributed by atoms with E-state index in [1.807, 2.05) is 0 Å². The molecule has 0 fully saturated rings. The van der Waals surface area contributed by atoms with E-state index in [1.165, 1.54) is 57.1 Å². The average Bonchev–Trinajstić information content (AvgIpc) is 2.39. The van der Waals surface area contributed by atoms with Crippen LogP contribution >= 0.6 is 0 Å². The third-order valence-electron chi connectivity index (χ3n) is 3.31. The van der Waals surface area contributed by atoms with Gasteiger partial charge in [-0.1, -0.05) is 64.0 Å². The minimum atomic E-state index is 1.08. The lowest BCUT2D eigenvalue weighted by atomic mass is 10.1. The lowest BCUT2D eigenvalue weighted by molar-refractivity contribution is 0.581. The second kappa shape index (κ2) is 9.99. The molecule has 0 aliphatic rings. The van der Waals surface area contributed by atoms with Crippen LogP contribution in [-0.4, -0.2) is 6.54 Å². The Bertz CT molecular complexity index is 289. The molecular weight excluding hydrogens is 218 g/mol. The van der Waals surface area contributed by atoms with E-state index in [1.54, 1.807) is 0 Å². The number of anilines is 1. The number of unbranched alkanes of at least 4 members (excludes halogenated alkanes) is 7. The summed E-state index contributed by atoms with van der Waals surface area (Å²) in [6, 6.07) is 8.31. The maximum absolute atomic E-state index is 3.89. The van der Waals surface area contributed by atoms with Crippen molar-refractivity contribution < 1.29 is 0 Å². The zero-order chi connectivity index (χ0) is 13.1. The van der Waals surface area contributed by atoms with Crippen LogP contribution in [0.4, 0.5) is 5.69 Å². The monoisotopic (exact) mass is 246 g/mol. The minimum absolute atomic E-state index is 1.08. The fraction of sp³-hybridized carbons (Fsp3) is 0.588. The molecule has 0 saturated heterocycles. The molecule has 0 saturated carbocycles. The van der Waals surface area contributed by atoms with E-state index < -0.39 is 0 Å². The summed E-state index contributed by atoms with van der Waals surface area (Å²) < 4.78 is 0. The summed E-state index contributed by atoms with van der Waals surface area (Å²) in [5.41, 5.74) is 2.29. The van der Waals surface area contributed by atoms with E-state index in [0.717, 1.165) is 12.1 Å². The topological polar surface area (TPSA) is 12.0 Å². The summed E-state index contributed by atoms with van der Waals surface area (Å²) >= 11 is 0. The van der Waals surface area contributed by atoms with Crippen LogP contribution in [0.3, 0.4) is 0 Å². The molecule has 1 aromatic rings. The van der Waals surface area contributed by atoms with Gasteiger partial charge in [0.1, 0.15) is 0 Å². The van der Waals surface area contributed by atoms with Crippen LogP contribution in [0.15, 0.2) is 24.3 Å². The third-order valence-corrected chi connectivity index (χ3v) is 3.31. The van der Waals surface area contributed by atoms with E-state index in [9.17, 15) is 0 Å². The molecule has 1 aromatic carbocycles. The molecule has 0 unspecified atom stereocenters. The fourth-order valence-electron chi connectivity index (χ4n) is 2.11. The fourth-order valence-corrected chi connectivity index (χ4v) is 2.11. The lowest BCUT2D eigenvalue weighted by Gasteiger charge is -2.06. The first kappa shape index (κ1) is 15.1. The average molecular weight is 246 g/mol. The Morgan fingerprint density at radius 2 is 1.39 bits per heavy atom. The maximum atomic E-state index is 3.89. The quantitative estimate of drug-likeness (QED) is 0.543. The van der Waals surface area contributed by atoms with Crippen LogP contribution in [0.5, 0.6) is 0 Å². The van der Waals surface area contributed by atoms with Gasteiger partial charge in [-0.3, -0.25) is 0 Å². The Kier molecular flexibility index (Phi) is 8.37. The van der Waals surface area contributed by atoms with Crippen LogP contribution in [0, 0.1) is 6.92 Å². The number of hydrogen-bond acceptors (Lipinski definition) is 1. The number of hydrogen-bond donors (Lipinski definition) is 1. The zero-order valence-electron chi connectivity index (χ0n) is 11.9. The summed E-state index contributed by atoms with van der Waals surface area (Å²) in [5, 5.41) is 3.46. The molecule has 1 nitrogen and oxygen atoms in total. The largest absolute Gasteiger partial charge is 0.385 e. The molecule has 0 aromatic heterocycles. The molecule has 0 spiro atoms. The van der Waals surface area contributed by atoms with Crippen molar-refractivity contribution in [1.29, 1.82) is 0 Å². The van der Waals surface area contributed by atoms with Crippen molar-refractivity contribution in [3.05, 3.63) is 36.8 Å². The predicted molar refractivity (Wildman–Crippen MR) is 82.0 cm³/mol. The summed E-state index contributed by atoms with van der Waals surface area (Å²) in [6.07, 6.45) is 11.0. The van der Waals surface area contributed by atoms with Gasteiger partial charge in [-0.25, -0.2) is 0 Å². The van der Waals surface area contributed by atoms with E-state index in [2.05, 4.69) is 43.4 Å². The molecule has 0 aliphatic carbocycles. The minimum Gasteiger partial charge on any atom is -0.385 e. The Morgan fingerprint density at radius 1 is 0.833 bits per heavy atom. The van der Waals surface area contributed by atoms with Crippen molar-refractivity contribution in [1.82, 2.24) is 0 Å². The van der Waals surface area contributed by atoms with Gasteiger partial charge in [0.25, 0.3) is 0 Å². The van der Waals surface area contributed by atoms with Crippen LogP contribution < -0.4 is 5.32 Å². The van der Waals surface area contributed by atoms with E-state index in [4.69, 9.17) is 0 Å². The summed E-state index contributed by atoms with van der Waals surface area (Å²) in [4.78, 5) is 0. The first-order valence-electron chi connectivity index (χ1n) is 7.49. The second-order valence-electron chi connectivity index (χ2n) is 5.10. The molecule has 1 rings (SSSR count). The van der Waals surface area contributed by atoms with E-state index >= 15 is 0 Å². The van der Waals surface area contributed by atoms with Gasteiger partial charge in [0, 0.05) is 12.2 Å². The van der Waals surface area contributed by atoms with Crippen molar-refractivity contribution in [3.63, 3.8) is 0 Å². The van der Waals surface area contributed by atoms with Crippen molar-refractivity contribution in [2.45, 2.75) is 58.3 Å². The first-order chi connectivity index (χ1) is 8.83. The Balaban J connectivity index is 1.91. The second-order valence-corrected chi connectivity index (χ2v) is 5.10. The van der Waals surface area contributed by atoms with Crippen LogP contribution in [0.25, 0.3) is 0 Å². The van der Waals surface area contributed by atoms with Crippen molar-refractivity contribution in [2.24, 2.45) is 0 Å². The summed E-state index contributed by atoms with van der Waals surface area (Å²) in [5.74, 6) is 0. The molecule has 1 N–H and O–H groups in total. The van der Waals surface area contributed by atoms with Crippen LogP contribution in [-0.2, 0) is 0 Å². The van der Waals surface area contributed by atoms with Gasteiger partial charge in [0.2, 0.25) is 0 Å². The maximum Gasteiger partial charge on any atom is 0.0340 e. The molecule has 1 heteroatoms. The number of rotatable bonds is 10. The van der Waals surface area contributed by atoms with Gasteiger partial charge in [-0.15, -0.1) is 0 Å². The summed E-state index contributed by atoms with van der Waals surface area (Å²) in [6.45, 7) is 7.24. The van der Waals surface area contributed by atoms with Gasteiger partial charge in [-0.05, 0) is 31.0 Å². The molecule has 101 valence electrons. The van der Waals surface area contributed by atoms with E-state index in [0.29, 0.717) is 0 Å². The molecule has 0 heterocycles. The highest BCUT2D eigenvalue weighted by Gasteiger charge is 1.93. The van der Waals surface area contributed by atoms with Crippen molar-refractivity contribution in [2.75, 3.05) is 11.9 Å². The van der Waals surface area contributed by atoms with Crippen molar-refractivity contribution >= 4 is 5.69 Å². The van der Waals surface area contributed by atoms with Crippen LogP contribution in [0.2, 0.25) is 0 Å². The SMILES string of the molecule is [CH2]c1ccc(NCCCCCCCCCC)cc1. The molecule has 18 heavy (non-hydrogen) atoms. The van der Waals surface area contributed by atoms with Gasteiger partial charge < -0.3 is 5.32 Å². The predicted octanol–water partition coefficient (Wildman–Crippen LogP) is 5.42. The van der Waals surface area contributed by atoms with Gasteiger partial charge in [-0.2, -0.15) is 0 Å². The number of nitrogens with one attached hydrogen (secondary N) is 1. The molecule has 1 radical (unpaired) electrons.